The number of aryl methyl sites for hydroxylation is 4. The summed E-state index contributed by atoms with van der Waals surface area (Å²) in [5.41, 5.74) is 2.16. The SMILES string of the molecule is Cc1nc2ccccc2n(CCn2cnnc2C)c1=O. The Balaban J connectivity index is 2.04. The normalized spacial score (nSPS) is 11.1. The van der Waals surface area contributed by atoms with Gasteiger partial charge in [0.1, 0.15) is 17.8 Å². The first-order valence-electron chi connectivity index (χ1n) is 6.47. The first kappa shape index (κ1) is 12.5. The zero-order chi connectivity index (χ0) is 14.1. The van der Waals surface area contributed by atoms with Crippen LogP contribution in [-0.2, 0) is 13.1 Å². The fourth-order valence-corrected chi connectivity index (χ4v) is 2.28. The molecule has 3 rings (SSSR count). The van der Waals surface area contributed by atoms with E-state index in [2.05, 4.69) is 15.2 Å². The van der Waals surface area contributed by atoms with Gasteiger partial charge in [-0.2, -0.15) is 0 Å². The molecular weight excluding hydrogens is 254 g/mol. The second-order valence-electron chi connectivity index (χ2n) is 4.71. The van der Waals surface area contributed by atoms with Gasteiger partial charge in [0.05, 0.1) is 11.0 Å². The molecule has 102 valence electrons. The highest BCUT2D eigenvalue weighted by atomic mass is 16.1. The smallest absolute Gasteiger partial charge is 0.272 e. The third kappa shape index (κ3) is 2.09. The molecule has 0 radical (unpaired) electrons. The number of nitrogens with zero attached hydrogens (tertiary/aromatic N) is 5. The van der Waals surface area contributed by atoms with Crippen LogP contribution in [0.5, 0.6) is 0 Å². The quantitative estimate of drug-likeness (QED) is 0.719. The molecule has 2 heterocycles. The Bertz CT molecular complexity index is 818. The number of aromatic nitrogens is 5. The summed E-state index contributed by atoms with van der Waals surface area (Å²) in [6.45, 7) is 4.87. The standard InChI is InChI=1S/C14H15N5O/c1-10-14(20)19(8-7-18-9-15-17-11(18)2)13-6-4-3-5-12(13)16-10/h3-6,9H,7-8H2,1-2H3. The molecule has 0 aliphatic carbocycles. The van der Waals surface area contributed by atoms with Gasteiger partial charge in [-0.05, 0) is 26.0 Å². The van der Waals surface area contributed by atoms with Gasteiger partial charge >= 0.3 is 0 Å². The largest absolute Gasteiger partial charge is 0.316 e. The Morgan fingerprint density at radius 1 is 1.15 bits per heavy atom. The zero-order valence-electron chi connectivity index (χ0n) is 11.4. The molecule has 0 bridgehead atoms. The molecule has 0 amide bonds. The predicted molar refractivity (Wildman–Crippen MR) is 75.5 cm³/mol. The van der Waals surface area contributed by atoms with Crippen molar-refractivity contribution in [1.29, 1.82) is 0 Å². The minimum atomic E-state index is -0.0468. The molecule has 2 aromatic heterocycles. The van der Waals surface area contributed by atoms with Gasteiger partial charge < -0.3 is 9.13 Å². The topological polar surface area (TPSA) is 65.6 Å². The molecule has 6 nitrogen and oxygen atoms in total. The van der Waals surface area contributed by atoms with Gasteiger partial charge in [0.25, 0.3) is 5.56 Å². The van der Waals surface area contributed by atoms with E-state index in [1.165, 1.54) is 0 Å². The number of benzene rings is 1. The van der Waals surface area contributed by atoms with Crippen molar-refractivity contribution in [3.63, 3.8) is 0 Å². The van der Waals surface area contributed by atoms with Crippen molar-refractivity contribution in [2.75, 3.05) is 0 Å². The molecular formula is C14H15N5O. The summed E-state index contributed by atoms with van der Waals surface area (Å²) < 4.78 is 3.69. The lowest BCUT2D eigenvalue weighted by Gasteiger charge is -2.11. The molecule has 0 spiro atoms. The number of para-hydroxylation sites is 2. The van der Waals surface area contributed by atoms with Crippen LogP contribution in [0, 0.1) is 13.8 Å². The van der Waals surface area contributed by atoms with Gasteiger partial charge in [0, 0.05) is 13.1 Å². The van der Waals surface area contributed by atoms with E-state index in [4.69, 9.17) is 0 Å². The minimum Gasteiger partial charge on any atom is -0.316 e. The molecule has 0 aliphatic heterocycles. The highest BCUT2D eigenvalue weighted by Gasteiger charge is 2.08. The van der Waals surface area contributed by atoms with Crippen molar-refractivity contribution in [1.82, 2.24) is 24.3 Å². The number of rotatable bonds is 3. The Labute approximate surface area is 115 Å². The molecule has 0 saturated heterocycles. The van der Waals surface area contributed by atoms with Crippen molar-refractivity contribution >= 4 is 11.0 Å². The van der Waals surface area contributed by atoms with Crippen LogP contribution in [0.25, 0.3) is 11.0 Å². The lowest BCUT2D eigenvalue weighted by Crippen LogP contribution is -2.26. The zero-order valence-corrected chi connectivity index (χ0v) is 11.4. The monoisotopic (exact) mass is 269 g/mol. The third-order valence-electron chi connectivity index (χ3n) is 3.39. The number of hydrogen-bond acceptors (Lipinski definition) is 4. The van der Waals surface area contributed by atoms with E-state index in [9.17, 15) is 4.79 Å². The van der Waals surface area contributed by atoms with Crippen molar-refractivity contribution in [2.45, 2.75) is 26.9 Å². The fourth-order valence-electron chi connectivity index (χ4n) is 2.28. The Morgan fingerprint density at radius 3 is 2.70 bits per heavy atom. The molecule has 1 aromatic carbocycles. The van der Waals surface area contributed by atoms with Crippen LogP contribution in [0.2, 0.25) is 0 Å². The summed E-state index contributed by atoms with van der Waals surface area (Å²) in [6, 6.07) is 7.68. The van der Waals surface area contributed by atoms with E-state index in [1.54, 1.807) is 17.8 Å². The first-order chi connectivity index (χ1) is 9.66. The van der Waals surface area contributed by atoms with Crippen LogP contribution in [0.4, 0.5) is 0 Å². The molecule has 0 unspecified atom stereocenters. The van der Waals surface area contributed by atoms with E-state index in [-0.39, 0.29) is 5.56 Å². The fraction of sp³-hybridized carbons (Fsp3) is 0.286. The Morgan fingerprint density at radius 2 is 1.95 bits per heavy atom. The minimum absolute atomic E-state index is 0.0468. The second-order valence-corrected chi connectivity index (χ2v) is 4.71. The van der Waals surface area contributed by atoms with Crippen molar-refractivity contribution < 1.29 is 0 Å². The van der Waals surface area contributed by atoms with Gasteiger partial charge in [-0.25, -0.2) is 4.98 Å². The van der Waals surface area contributed by atoms with Crippen LogP contribution in [0.15, 0.2) is 35.4 Å². The lowest BCUT2D eigenvalue weighted by molar-refractivity contribution is 0.564. The van der Waals surface area contributed by atoms with E-state index in [1.807, 2.05) is 35.8 Å². The van der Waals surface area contributed by atoms with Crippen molar-refractivity contribution in [3.05, 3.63) is 52.5 Å². The van der Waals surface area contributed by atoms with Gasteiger partial charge in [0.15, 0.2) is 0 Å². The number of hydrogen-bond donors (Lipinski definition) is 0. The number of fused-ring (bicyclic) bond motifs is 1. The highest BCUT2D eigenvalue weighted by molar-refractivity contribution is 5.74. The van der Waals surface area contributed by atoms with Crippen LogP contribution >= 0.6 is 0 Å². The maximum Gasteiger partial charge on any atom is 0.272 e. The maximum absolute atomic E-state index is 12.3. The van der Waals surface area contributed by atoms with Crippen molar-refractivity contribution in [3.8, 4) is 0 Å². The Hall–Kier alpha value is -2.50. The average Bonchev–Trinajstić information content (AvgIpc) is 2.85. The summed E-state index contributed by atoms with van der Waals surface area (Å²) in [4.78, 5) is 16.6. The Kier molecular flexibility index (Phi) is 3.06. The third-order valence-corrected chi connectivity index (χ3v) is 3.39. The summed E-state index contributed by atoms with van der Waals surface area (Å²) in [6.07, 6.45) is 1.68. The molecule has 0 saturated carbocycles. The van der Waals surface area contributed by atoms with Gasteiger partial charge in [0.2, 0.25) is 0 Å². The molecule has 0 N–H and O–H groups in total. The van der Waals surface area contributed by atoms with Gasteiger partial charge in [-0.3, -0.25) is 4.79 Å². The van der Waals surface area contributed by atoms with Gasteiger partial charge in [-0.15, -0.1) is 10.2 Å². The molecule has 0 fully saturated rings. The summed E-state index contributed by atoms with van der Waals surface area (Å²) in [7, 11) is 0. The summed E-state index contributed by atoms with van der Waals surface area (Å²) in [5, 5.41) is 7.79. The van der Waals surface area contributed by atoms with Gasteiger partial charge in [-0.1, -0.05) is 12.1 Å². The molecule has 6 heteroatoms. The summed E-state index contributed by atoms with van der Waals surface area (Å²) >= 11 is 0. The summed E-state index contributed by atoms with van der Waals surface area (Å²) in [5.74, 6) is 0.841. The van der Waals surface area contributed by atoms with Crippen LogP contribution in [0.1, 0.15) is 11.5 Å². The molecule has 0 atom stereocenters. The molecule has 20 heavy (non-hydrogen) atoms. The predicted octanol–water partition coefficient (Wildman–Crippen LogP) is 1.31. The van der Waals surface area contributed by atoms with Crippen LogP contribution < -0.4 is 5.56 Å². The molecule has 3 aromatic rings. The molecule has 0 aliphatic rings. The van der Waals surface area contributed by atoms with E-state index in [0.717, 1.165) is 16.9 Å². The maximum atomic E-state index is 12.3. The van der Waals surface area contributed by atoms with E-state index >= 15 is 0 Å². The average molecular weight is 269 g/mol. The highest BCUT2D eigenvalue weighted by Crippen LogP contribution is 2.10. The van der Waals surface area contributed by atoms with Crippen molar-refractivity contribution in [2.24, 2.45) is 0 Å². The lowest BCUT2D eigenvalue weighted by atomic mass is 10.2. The second kappa shape index (κ2) is 4.88. The van der Waals surface area contributed by atoms with Crippen LogP contribution in [-0.4, -0.2) is 24.3 Å². The van der Waals surface area contributed by atoms with E-state index < -0.39 is 0 Å². The first-order valence-corrected chi connectivity index (χ1v) is 6.47. The van der Waals surface area contributed by atoms with E-state index in [0.29, 0.717) is 18.8 Å². The van der Waals surface area contributed by atoms with Crippen LogP contribution in [0.3, 0.4) is 0 Å².